The summed E-state index contributed by atoms with van der Waals surface area (Å²) < 4.78 is 35.2. The minimum absolute atomic E-state index is 0.0449. The summed E-state index contributed by atoms with van der Waals surface area (Å²) in [6.07, 6.45) is 4.09. The number of rotatable bonds is 4. The Morgan fingerprint density at radius 3 is 2.68 bits per heavy atom. The number of likely N-dealkylation sites (N-methyl/N-ethyl adjacent to an activating group) is 1. The molecule has 1 saturated heterocycles. The number of nitrogens with zero attached hydrogens (tertiary/aromatic N) is 4. The fraction of sp³-hybridized carbons (Fsp3) is 0.455. The van der Waals surface area contributed by atoms with Gasteiger partial charge < -0.3 is 14.5 Å². The number of hydrogen-bond donors (Lipinski definition) is 0. The van der Waals surface area contributed by atoms with Crippen molar-refractivity contribution < 1.29 is 17.9 Å². The molecule has 4 rings (SSSR count). The van der Waals surface area contributed by atoms with Gasteiger partial charge in [0.25, 0.3) is 0 Å². The van der Waals surface area contributed by atoms with Gasteiger partial charge in [-0.1, -0.05) is 18.2 Å². The topological polar surface area (TPSA) is 83.0 Å². The Hall–Kier alpha value is -2.49. The van der Waals surface area contributed by atoms with Gasteiger partial charge in [0.15, 0.2) is 0 Å². The van der Waals surface area contributed by atoms with Gasteiger partial charge in [0.05, 0.1) is 12.6 Å². The molecule has 166 valence electrons. The van der Waals surface area contributed by atoms with Gasteiger partial charge in [-0.3, -0.25) is 9.78 Å². The fourth-order valence-corrected chi connectivity index (χ4v) is 6.04. The van der Waals surface area contributed by atoms with Crippen molar-refractivity contribution in [1.29, 1.82) is 0 Å². The molecule has 31 heavy (non-hydrogen) atoms. The van der Waals surface area contributed by atoms with E-state index in [1.54, 1.807) is 47.0 Å². The smallest absolute Gasteiger partial charge is 0.247 e. The molecule has 1 amide bonds. The average Bonchev–Trinajstić information content (AvgIpc) is 2.99. The first-order valence-electron chi connectivity index (χ1n) is 10.4. The first kappa shape index (κ1) is 21.7. The largest absolute Gasteiger partial charge is 0.487 e. The minimum Gasteiger partial charge on any atom is -0.487 e. The number of hydrogen-bond acceptors (Lipinski definition) is 6. The molecular weight excluding hydrogens is 416 g/mol. The highest BCUT2D eigenvalue weighted by Gasteiger charge is 2.43. The summed E-state index contributed by atoms with van der Waals surface area (Å²) in [5.41, 5.74) is 0.814. The van der Waals surface area contributed by atoms with Crippen LogP contribution in [-0.2, 0) is 21.4 Å². The zero-order valence-corrected chi connectivity index (χ0v) is 18.7. The van der Waals surface area contributed by atoms with Crippen molar-refractivity contribution in [3.63, 3.8) is 0 Å². The molecule has 0 unspecified atom stereocenters. The number of carbonyl (C=O) groups excluding carboxylic acids is 1. The zero-order valence-electron chi connectivity index (χ0n) is 17.8. The Balaban J connectivity index is 1.70. The summed E-state index contributed by atoms with van der Waals surface area (Å²) in [6, 6.07) is 10.1. The quantitative estimate of drug-likeness (QED) is 0.712. The number of ether oxygens (including phenoxy) is 1. The van der Waals surface area contributed by atoms with Crippen molar-refractivity contribution in [2.45, 2.75) is 36.4 Å². The summed E-state index contributed by atoms with van der Waals surface area (Å²) in [5, 5.41) is 0. The number of para-hydroxylation sites is 1. The summed E-state index contributed by atoms with van der Waals surface area (Å²) in [5.74, 6) is 0.419. The first-order valence-corrected chi connectivity index (χ1v) is 11.9. The van der Waals surface area contributed by atoms with Gasteiger partial charge in [-0.15, -0.1) is 0 Å². The van der Waals surface area contributed by atoms with Crippen LogP contribution in [-0.4, -0.2) is 79.3 Å². The average molecular weight is 445 g/mol. The van der Waals surface area contributed by atoms with E-state index in [0.29, 0.717) is 38.2 Å². The van der Waals surface area contributed by atoms with Crippen LogP contribution in [0.25, 0.3) is 0 Å². The standard InChI is InChI=1S/C22H28N4O4S/c1-24(2)16-22(27)25-12-9-18-19(10-13-25)30-20-7-3-4-8-21(20)31(28,29)26(18)15-17-6-5-11-23-14-17/h3-8,11,14,18-19H,9-10,12-13,15-16H2,1-2H3/t18-,19-/m1/s1. The number of benzene rings is 1. The minimum atomic E-state index is -3.79. The second kappa shape index (κ2) is 8.94. The lowest BCUT2D eigenvalue weighted by atomic mass is 10.1. The summed E-state index contributed by atoms with van der Waals surface area (Å²) in [4.78, 5) is 20.6. The third kappa shape index (κ3) is 4.58. The molecule has 0 aliphatic carbocycles. The number of pyridine rings is 1. The molecule has 9 heteroatoms. The lowest BCUT2D eigenvalue weighted by molar-refractivity contribution is -0.131. The van der Waals surface area contributed by atoms with Gasteiger partial charge in [0, 0.05) is 38.4 Å². The van der Waals surface area contributed by atoms with E-state index < -0.39 is 10.0 Å². The predicted molar refractivity (Wildman–Crippen MR) is 116 cm³/mol. The van der Waals surface area contributed by atoms with Crippen molar-refractivity contribution in [3.05, 3.63) is 54.4 Å². The Bertz CT molecular complexity index is 1030. The third-order valence-corrected chi connectivity index (χ3v) is 7.67. The predicted octanol–water partition coefficient (Wildman–Crippen LogP) is 1.59. The number of amides is 1. The van der Waals surface area contributed by atoms with E-state index >= 15 is 0 Å². The van der Waals surface area contributed by atoms with Crippen LogP contribution in [0.3, 0.4) is 0 Å². The number of likely N-dealkylation sites (tertiary alicyclic amines) is 1. The van der Waals surface area contributed by atoms with Gasteiger partial charge in [0.2, 0.25) is 15.9 Å². The zero-order chi connectivity index (χ0) is 22.0. The molecule has 2 aromatic rings. The SMILES string of the molecule is CN(C)CC(=O)N1CC[C@@H]2[C@@H](CC1)Oc1ccccc1S(=O)(=O)N2Cc1cccnc1. The molecule has 0 N–H and O–H groups in total. The van der Waals surface area contributed by atoms with E-state index in [-0.39, 0.29) is 29.5 Å². The molecule has 0 bridgehead atoms. The van der Waals surface area contributed by atoms with Crippen molar-refractivity contribution in [2.75, 3.05) is 33.7 Å². The Morgan fingerprint density at radius 1 is 1.16 bits per heavy atom. The molecule has 0 saturated carbocycles. The van der Waals surface area contributed by atoms with E-state index in [0.717, 1.165) is 5.56 Å². The Labute approximate surface area is 183 Å². The monoisotopic (exact) mass is 444 g/mol. The van der Waals surface area contributed by atoms with Gasteiger partial charge in [0.1, 0.15) is 16.7 Å². The highest BCUT2D eigenvalue weighted by molar-refractivity contribution is 7.89. The highest BCUT2D eigenvalue weighted by atomic mass is 32.2. The number of aromatic nitrogens is 1. The normalized spacial score (nSPS) is 23.3. The molecule has 0 radical (unpaired) electrons. The van der Waals surface area contributed by atoms with E-state index in [1.165, 1.54) is 0 Å². The second-order valence-corrected chi connectivity index (χ2v) is 10.1. The van der Waals surface area contributed by atoms with Crippen molar-refractivity contribution in [3.8, 4) is 5.75 Å². The van der Waals surface area contributed by atoms with Gasteiger partial charge in [-0.25, -0.2) is 8.42 Å². The molecular formula is C22H28N4O4S. The molecule has 8 nitrogen and oxygen atoms in total. The molecule has 1 aromatic carbocycles. The molecule has 2 aliphatic heterocycles. The van der Waals surface area contributed by atoms with Crippen LogP contribution >= 0.6 is 0 Å². The first-order chi connectivity index (χ1) is 14.9. The van der Waals surface area contributed by atoms with Crippen molar-refractivity contribution >= 4 is 15.9 Å². The van der Waals surface area contributed by atoms with Crippen LogP contribution in [0.15, 0.2) is 53.7 Å². The van der Waals surface area contributed by atoms with E-state index in [1.807, 2.05) is 30.0 Å². The lowest BCUT2D eigenvalue weighted by Crippen LogP contribution is -2.46. The highest BCUT2D eigenvalue weighted by Crippen LogP contribution is 2.37. The van der Waals surface area contributed by atoms with Crippen LogP contribution in [0.2, 0.25) is 0 Å². The Morgan fingerprint density at radius 2 is 1.94 bits per heavy atom. The summed E-state index contributed by atoms with van der Waals surface area (Å²) >= 11 is 0. The number of carbonyl (C=O) groups is 1. The van der Waals surface area contributed by atoms with Gasteiger partial charge >= 0.3 is 0 Å². The van der Waals surface area contributed by atoms with Crippen LogP contribution in [0, 0.1) is 0 Å². The van der Waals surface area contributed by atoms with E-state index in [4.69, 9.17) is 4.74 Å². The summed E-state index contributed by atoms with van der Waals surface area (Å²) in [7, 11) is -0.0659. The summed E-state index contributed by atoms with van der Waals surface area (Å²) in [6.45, 7) is 1.57. The van der Waals surface area contributed by atoms with E-state index in [9.17, 15) is 13.2 Å². The maximum atomic E-state index is 13.7. The van der Waals surface area contributed by atoms with Gasteiger partial charge in [-0.05, 0) is 44.3 Å². The van der Waals surface area contributed by atoms with Crippen molar-refractivity contribution in [1.82, 2.24) is 19.1 Å². The third-order valence-electron chi connectivity index (χ3n) is 5.76. The van der Waals surface area contributed by atoms with Crippen LogP contribution < -0.4 is 4.74 Å². The number of sulfonamides is 1. The second-order valence-electron chi connectivity index (χ2n) is 8.28. The molecule has 1 aromatic heterocycles. The van der Waals surface area contributed by atoms with Crippen LogP contribution in [0.1, 0.15) is 18.4 Å². The van der Waals surface area contributed by atoms with E-state index in [2.05, 4.69) is 4.98 Å². The van der Waals surface area contributed by atoms with Gasteiger partial charge in [-0.2, -0.15) is 4.31 Å². The molecule has 2 aliphatic rings. The maximum Gasteiger partial charge on any atom is 0.247 e. The molecule has 1 fully saturated rings. The lowest BCUT2D eigenvalue weighted by Gasteiger charge is -2.31. The molecule has 2 atom stereocenters. The Kier molecular flexibility index (Phi) is 6.27. The number of fused-ring (bicyclic) bond motifs is 2. The van der Waals surface area contributed by atoms with Crippen molar-refractivity contribution in [2.24, 2.45) is 0 Å². The molecule has 0 spiro atoms. The fourth-order valence-electron chi connectivity index (χ4n) is 4.25. The van der Waals surface area contributed by atoms with Crippen LogP contribution in [0.5, 0.6) is 5.75 Å². The van der Waals surface area contributed by atoms with Crippen LogP contribution in [0.4, 0.5) is 0 Å². The molecule has 3 heterocycles. The maximum absolute atomic E-state index is 13.7.